The van der Waals surface area contributed by atoms with Crippen molar-refractivity contribution in [2.45, 2.75) is 12.3 Å². The summed E-state index contributed by atoms with van der Waals surface area (Å²) in [5, 5.41) is 0. The number of likely N-dealkylation sites (N-methyl/N-ethyl adjacent to an activating group) is 1. The van der Waals surface area contributed by atoms with Gasteiger partial charge in [-0.1, -0.05) is 22.0 Å². The number of halogens is 2. The van der Waals surface area contributed by atoms with E-state index in [0.29, 0.717) is 5.88 Å². The van der Waals surface area contributed by atoms with Crippen LogP contribution < -0.4 is 4.90 Å². The van der Waals surface area contributed by atoms with Gasteiger partial charge in [-0.3, -0.25) is 0 Å². The molecule has 2 rings (SSSR count). The average molecular weight is 318 g/mol. The Hall–Kier alpha value is -0.250. The van der Waals surface area contributed by atoms with Crippen molar-refractivity contribution in [1.82, 2.24) is 4.90 Å². The van der Waals surface area contributed by atoms with Gasteiger partial charge in [-0.05, 0) is 37.7 Å². The minimum Gasteiger partial charge on any atom is -0.370 e. The van der Waals surface area contributed by atoms with Gasteiger partial charge in [-0.25, -0.2) is 0 Å². The van der Waals surface area contributed by atoms with Gasteiger partial charge in [-0.15, -0.1) is 11.6 Å². The molecule has 1 heterocycles. The molecule has 4 heteroatoms. The van der Waals surface area contributed by atoms with Crippen molar-refractivity contribution in [2.75, 3.05) is 38.1 Å². The summed E-state index contributed by atoms with van der Waals surface area (Å²) in [6.07, 6.45) is 1.23. The van der Waals surface area contributed by atoms with Gasteiger partial charge >= 0.3 is 0 Å². The first-order chi connectivity index (χ1) is 8.20. The van der Waals surface area contributed by atoms with Gasteiger partial charge in [0.15, 0.2) is 0 Å². The van der Waals surface area contributed by atoms with Gasteiger partial charge in [0.1, 0.15) is 0 Å². The third-order valence-corrected chi connectivity index (χ3v) is 4.29. The maximum atomic E-state index is 5.87. The smallest absolute Gasteiger partial charge is 0.0485 e. The molecule has 1 saturated heterocycles. The van der Waals surface area contributed by atoms with E-state index in [-0.39, 0.29) is 0 Å². The van der Waals surface area contributed by atoms with Crippen LogP contribution in [0.4, 0.5) is 5.69 Å². The second-order valence-corrected chi connectivity index (χ2v) is 5.67. The summed E-state index contributed by atoms with van der Waals surface area (Å²) < 4.78 is 1.11. The first-order valence-electron chi connectivity index (χ1n) is 5.98. The van der Waals surface area contributed by atoms with Crippen molar-refractivity contribution in [3.63, 3.8) is 0 Å². The Morgan fingerprint density at radius 2 is 2.06 bits per heavy atom. The molecule has 1 aromatic carbocycles. The fraction of sp³-hybridized carbons (Fsp3) is 0.538. The molecule has 1 aliphatic rings. The Morgan fingerprint density at radius 3 is 2.76 bits per heavy atom. The number of hydrogen-bond donors (Lipinski definition) is 0. The van der Waals surface area contributed by atoms with Crippen LogP contribution in [0.1, 0.15) is 12.0 Å². The van der Waals surface area contributed by atoms with Crippen molar-refractivity contribution >= 4 is 33.2 Å². The Morgan fingerprint density at radius 1 is 1.24 bits per heavy atom. The molecule has 0 atom stereocenters. The van der Waals surface area contributed by atoms with Crippen molar-refractivity contribution in [3.8, 4) is 0 Å². The third-order valence-electron chi connectivity index (χ3n) is 3.27. The number of hydrogen-bond acceptors (Lipinski definition) is 2. The van der Waals surface area contributed by atoms with Crippen molar-refractivity contribution in [2.24, 2.45) is 0 Å². The number of nitrogens with zero attached hydrogens (tertiary/aromatic N) is 2. The van der Waals surface area contributed by atoms with Gasteiger partial charge in [0.2, 0.25) is 0 Å². The monoisotopic (exact) mass is 316 g/mol. The fourth-order valence-corrected chi connectivity index (χ4v) is 3.05. The Kier molecular flexibility index (Phi) is 4.71. The standard InChI is InChI=1S/C13H18BrClN2/c1-16-5-2-6-17(8-7-16)12-4-3-11(10-15)13(14)9-12/h3-4,9H,2,5-8,10H2,1H3. The largest absolute Gasteiger partial charge is 0.370 e. The summed E-state index contributed by atoms with van der Waals surface area (Å²) in [6, 6.07) is 6.47. The number of alkyl halides is 1. The second-order valence-electron chi connectivity index (χ2n) is 4.55. The molecule has 1 aliphatic heterocycles. The number of anilines is 1. The van der Waals surface area contributed by atoms with Gasteiger partial charge in [0.25, 0.3) is 0 Å². The minimum atomic E-state index is 0.559. The molecule has 0 saturated carbocycles. The summed E-state index contributed by atoms with van der Waals surface area (Å²) in [5.74, 6) is 0.559. The molecule has 0 aliphatic carbocycles. The van der Waals surface area contributed by atoms with Crippen molar-refractivity contribution in [3.05, 3.63) is 28.2 Å². The highest BCUT2D eigenvalue weighted by Crippen LogP contribution is 2.26. The highest BCUT2D eigenvalue weighted by atomic mass is 79.9. The van der Waals surface area contributed by atoms with Crippen LogP contribution in [0.3, 0.4) is 0 Å². The topological polar surface area (TPSA) is 6.48 Å². The van der Waals surface area contributed by atoms with Crippen LogP contribution in [-0.4, -0.2) is 38.1 Å². The van der Waals surface area contributed by atoms with E-state index in [1.165, 1.54) is 18.7 Å². The van der Waals surface area contributed by atoms with Crippen LogP contribution in [0.25, 0.3) is 0 Å². The first kappa shape index (κ1) is 13.2. The normalized spacial score (nSPS) is 18.2. The lowest BCUT2D eigenvalue weighted by molar-refractivity contribution is 0.360. The maximum Gasteiger partial charge on any atom is 0.0485 e. The average Bonchev–Trinajstić information content (AvgIpc) is 2.54. The van der Waals surface area contributed by atoms with E-state index in [1.54, 1.807) is 0 Å². The van der Waals surface area contributed by atoms with Gasteiger partial charge in [-0.2, -0.15) is 0 Å². The molecule has 0 spiro atoms. The lowest BCUT2D eigenvalue weighted by atomic mass is 10.2. The lowest BCUT2D eigenvalue weighted by Crippen LogP contribution is -2.28. The third kappa shape index (κ3) is 3.36. The number of benzene rings is 1. The first-order valence-corrected chi connectivity index (χ1v) is 7.31. The highest BCUT2D eigenvalue weighted by molar-refractivity contribution is 9.10. The van der Waals surface area contributed by atoms with Crippen LogP contribution in [-0.2, 0) is 5.88 Å². The Bertz CT molecular complexity index is 384. The quantitative estimate of drug-likeness (QED) is 0.772. The molecule has 1 aromatic rings. The van der Waals surface area contributed by atoms with Gasteiger partial charge < -0.3 is 9.80 Å². The van der Waals surface area contributed by atoms with E-state index in [0.717, 1.165) is 29.7 Å². The second kappa shape index (κ2) is 6.07. The predicted octanol–water partition coefficient (Wildman–Crippen LogP) is 3.33. The maximum absolute atomic E-state index is 5.87. The number of rotatable bonds is 2. The van der Waals surface area contributed by atoms with Crippen LogP contribution in [0.5, 0.6) is 0 Å². The zero-order chi connectivity index (χ0) is 12.3. The molecule has 0 aromatic heterocycles. The minimum absolute atomic E-state index is 0.559. The van der Waals surface area contributed by atoms with Gasteiger partial charge in [0, 0.05) is 35.7 Å². The Balaban J connectivity index is 2.13. The predicted molar refractivity (Wildman–Crippen MR) is 78.0 cm³/mol. The van der Waals surface area contributed by atoms with Crippen molar-refractivity contribution in [1.29, 1.82) is 0 Å². The molecule has 0 amide bonds. The summed E-state index contributed by atoms with van der Waals surface area (Å²) in [6.45, 7) is 4.56. The SMILES string of the molecule is CN1CCCN(c2ccc(CCl)c(Br)c2)CC1. The van der Waals surface area contributed by atoms with E-state index in [4.69, 9.17) is 11.6 Å². The molecule has 94 valence electrons. The van der Waals surface area contributed by atoms with E-state index in [9.17, 15) is 0 Å². The highest BCUT2D eigenvalue weighted by Gasteiger charge is 2.13. The molecular formula is C13H18BrClN2. The summed E-state index contributed by atoms with van der Waals surface area (Å²) >= 11 is 9.45. The lowest BCUT2D eigenvalue weighted by Gasteiger charge is -2.23. The van der Waals surface area contributed by atoms with Crippen LogP contribution in [0.15, 0.2) is 22.7 Å². The molecule has 2 nitrogen and oxygen atoms in total. The molecular weight excluding hydrogens is 300 g/mol. The zero-order valence-corrected chi connectivity index (χ0v) is 12.5. The molecule has 1 fully saturated rings. The fourth-order valence-electron chi connectivity index (χ4n) is 2.15. The van der Waals surface area contributed by atoms with Crippen LogP contribution in [0, 0.1) is 0 Å². The van der Waals surface area contributed by atoms with Gasteiger partial charge in [0.05, 0.1) is 0 Å². The van der Waals surface area contributed by atoms with E-state index in [2.05, 4.69) is 51.0 Å². The van der Waals surface area contributed by atoms with E-state index >= 15 is 0 Å². The molecule has 0 N–H and O–H groups in total. The molecule has 0 bridgehead atoms. The van der Waals surface area contributed by atoms with Crippen LogP contribution >= 0.6 is 27.5 Å². The Labute approximate surface area is 117 Å². The van der Waals surface area contributed by atoms with Crippen LogP contribution in [0.2, 0.25) is 0 Å². The zero-order valence-electron chi connectivity index (χ0n) is 10.1. The van der Waals surface area contributed by atoms with Crippen molar-refractivity contribution < 1.29 is 0 Å². The van der Waals surface area contributed by atoms with E-state index in [1.807, 2.05) is 0 Å². The summed E-state index contributed by atoms with van der Waals surface area (Å²) in [7, 11) is 2.19. The molecule has 17 heavy (non-hydrogen) atoms. The summed E-state index contributed by atoms with van der Waals surface area (Å²) in [5.41, 5.74) is 2.45. The van der Waals surface area contributed by atoms with E-state index < -0.39 is 0 Å². The molecule has 0 unspecified atom stereocenters. The summed E-state index contributed by atoms with van der Waals surface area (Å²) in [4.78, 5) is 4.84. The molecule has 0 radical (unpaired) electrons.